The first-order valence-electron chi connectivity index (χ1n) is 8.63. The number of non-ortho nitro benzene ring substituents is 1. The Morgan fingerprint density at radius 3 is 2.29 bits per heavy atom. The van der Waals surface area contributed by atoms with Crippen LogP contribution in [0, 0.1) is 10.1 Å². The molecule has 4 rings (SSSR count). The number of carbonyl (C=O) groups is 1. The van der Waals surface area contributed by atoms with Gasteiger partial charge in [0.15, 0.2) is 0 Å². The van der Waals surface area contributed by atoms with Gasteiger partial charge < -0.3 is 5.32 Å². The quantitative estimate of drug-likeness (QED) is 0.402. The minimum absolute atomic E-state index is 0.0290. The van der Waals surface area contributed by atoms with Crippen molar-refractivity contribution in [1.29, 1.82) is 0 Å². The van der Waals surface area contributed by atoms with Crippen molar-refractivity contribution < 1.29 is 9.72 Å². The van der Waals surface area contributed by atoms with Gasteiger partial charge in [-0.1, -0.05) is 48.5 Å². The van der Waals surface area contributed by atoms with Gasteiger partial charge in [-0.15, -0.1) is 0 Å². The Bertz CT molecular complexity index is 1170. The van der Waals surface area contributed by atoms with Gasteiger partial charge in [-0.2, -0.15) is 0 Å². The van der Waals surface area contributed by atoms with Gasteiger partial charge in [0.25, 0.3) is 11.6 Å². The van der Waals surface area contributed by atoms with E-state index in [0.29, 0.717) is 16.9 Å². The van der Waals surface area contributed by atoms with Crippen LogP contribution in [0.1, 0.15) is 10.4 Å². The van der Waals surface area contributed by atoms with Crippen LogP contribution in [0.15, 0.2) is 84.9 Å². The van der Waals surface area contributed by atoms with E-state index in [1.165, 1.54) is 24.3 Å². The number of aromatic nitrogens is 1. The molecule has 1 N–H and O–H groups in total. The number of para-hydroxylation sites is 1. The van der Waals surface area contributed by atoms with Crippen molar-refractivity contribution in [3.8, 4) is 11.3 Å². The van der Waals surface area contributed by atoms with E-state index in [1.807, 2.05) is 54.6 Å². The van der Waals surface area contributed by atoms with Crippen LogP contribution < -0.4 is 5.32 Å². The molecule has 0 aliphatic carbocycles. The van der Waals surface area contributed by atoms with E-state index >= 15 is 0 Å². The second-order valence-corrected chi connectivity index (χ2v) is 6.20. The van der Waals surface area contributed by atoms with E-state index in [-0.39, 0.29) is 11.6 Å². The molecular formula is C22H15N3O3. The fourth-order valence-corrected chi connectivity index (χ4v) is 2.98. The van der Waals surface area contributed by atoms with Crippen LogP contribution in [-0.4, -0.2) is 15.8 Å². The zero-order valence-electron chi connectivity index (χ0n) is 14.7. The van der Waals surface area contributed by atoms with Gasteiger partial charge >= 0.3 is 0 Å². The topological polar surface area (TPSA) is 85.1 Å². The molecule has 1 aromatic heterocycles. The number of hydrogen-bond acceptors (Lipinski definition) is 4. The second-order valence-electron chi connectivity index (χ2n) is 6.20. The molecule has 4 aromatic rings. The molecule has 0 fully saturated rings. The number of hydrogen-bond donors (Lipinski definition) is 1. The van der Waals surface area contributed by atoms with Gasteiger partial charge in [-0.3, -0.25) is 14.9 Å². The van der Waals surface area contributed by atoms with Crippen molar-refractivity contribution in [3.05, 3.63) is 101 Å². The zero-order chi connectivity index (χ0) is 19.5. The minimum Gasteiger partial charge on any atom is -0.322 e. The third-order valence-corrected chi connectivity index (χ3v) is 4.37. The van der Waals surface area contributed by atoms with Gasteiger partial charge in [0.2, 0.25) is 0 Å². The molecule has 0 radical (unpaired) electrons. The van der Waals surface area contributed by atoms with Gasteiger partial charge in [0.1, 0.15) is 0 Å². The zero-order valence-corrected chi connectivity index (χ0v) is 14.7. The van der Waals surface area contributed by atoms with Crippen molar-refractivity contribution >= 4 is 28.2 Å². The van der Waals surface area contributed by atoms with Crippen molar-refractivity contribution in [3.63, 3.8) is 0 Å². The van der Waals surface area contributed by atoms with Crippen LogP contribution in [0.5, 0.6) is 0 Å². The fraction of sp³-hybridized carbons (Fsp3) is 0. The molecule has 0 saturated carbocycles. The molecule has 28 heavy (non-hydrogen) atoms. The highest BCUT2D eigenvalue weighted by Gasteiger charge is 2.14. The number of amides is 1. The van der Waals surface area contributed by atoms with Crippen LogP contribution in [0.25, 0.3) is 22.2 Å². The third kappa shape index (κ3) is 3.43. The number of rotatable bonds is 4. The summed E-state index contributed by atoms with van der Waals surface area (Å²) in [6.45, 7) is 0. The van der Waals surface area contributed by atoms with Crippen molar-refractivity contribution in [2.75, 3.05) is 5.32 Å². The number of carbonyl (C=O) groups excluding carboxylic acids is 1. The van der Waals surface area contributed by atoms with E-state index in [1.54, 1.807) is 6.07 Å². The van der Waals surface area contributed by atoms with E-state index in [9.17, 15) is 14.9 Å². The molecule has 6 heteroatoms. The lowest BCUT2D eigenvalue weighted by atomic mass is 10.0. The van der Waals surface area contributed by atoms with Crippen LogP contribution in [0.2, 0.25) is 0 Å². The molecule has 1 amide bonds. The number of nitro groups is 1. The lowest BCUT2D eigenvalue weighted by molar-refractivity contribution is -0.384. The van der Waals surface area contributed by atoms with E-state index in [4.69, 9.17) is 0 Å². The molecule has 0 spiro atoms. The van der Waals surface area contributed by atoms with Gasteiger partial charge in [-0.25, -0.2) is 4.98 Å². The molecule has 6 nitrogen and oxygen atoms in total. The average molecular weight is 369 g/mol. The Hall–Kier alpha value is -4.06. The maximum Gasteiger partial charge on any atom is 0.269 e. The summed E-state index contributed by atoms with van der Waals surface area (Å²) >= 11 is 0. The monoisotopic (exact) mass is 369 g/mol. The first-order valence-corrected chi connectivity index (χ1v) is 8.63. The summed E-state index contributed by atoms with van der Waals surface area (Å²) in [5, 5.41) is 14.3. The Morgan fingerprint density at radius 2 is 1.57 bits per heavy atom. The van der Waals surface area contributed by atoms with Gasteiger partial charge in [0, 0.05) is 28.8 Å². The summed E-state index contributed by atoms with van der Waals surface area (Å²) < 4.78 is 0. The summed E-state index contributed by atoms with van der Waals surface area (Å²) in [7, 11) is 0. The first-order chi connectivity index (χ1) is 13.6. The summed E-state index contributed by atoms with van der Waals surface area (Å²) in [6, 6.07) is 24.6. The second kappa shape index (κ2) is 7.28. The maximum atomic E-state index is 13.0. The normalized spacial score (nSPS) is 10.6. The summed E-state index contributed by atoms with van der Waals surface area (Å²) in [6.07, 6.45) is 0. The number of nitro benzene ring substituents is 1. The highest BCUT2D eigenvalue weighted by atomic mass is 16.6. The highest BCUT2D eigenvalue weighted by Crippen LogP contribution is 2.26. The molecule has 0 saturated heterocycles. The smallest absolute Gasteiger partial charge is 0.269 e. The summed E-state index contributed by atoms with van der Waals surface area (Å²) in [4.78, 5) is 27.9. The van der Waals surface area contributed by atoms with E-state index in [0.717, 1.165) is 16.5 Å². The van der Waals surface area contributed by atoms with Gasteiger partial charge in [0.05, 0.1) is 21.7 Å². The lowest BCUT2D eigenvalue weighted by Crippen LogP contribution is -2.13. The number of benzene rings is 3. The summed E-state index contributed by atoms with van der Waals surface area (Å²) in [5.74, 6) is -0.301. The molecule has 0 aliphatic heterocycles. The number of nitrogens with zero attached hydrogens (tertiary/aromatic N) is 2. The number of fused-ring (bicyclic) bond motifs is 1. The van der Waals surface area contributed by atoms with Crippen molar-refractivity contribution in [2.45, 2.75) is 0 Å². The predicted molar refractivity (Wildman–Crippen MR) is 108 cm³/mol. The van der Waals surface area contributed by atoms with Crippen molar-refractivity contribution in [1.82, 2.24) is 4.98 Å². The number of pyridine rings is 1. The minimum atomic E-state index is -0.478. The number of anilines is 1. The van der Waals surface area contributed by atoms with Crippen molar-refractivity contribution in [2.24, 2.45) is 0 Å². The van der Waals surface area contributed by atoms with E-state index < -0.39 is 4.92 Å². The Kier molecular flexibility index (Phi) is 4.51. The van der Waals surface area contributed by atoms with Gasteiger partial charge in [-0.05, 0) is 24.3 Å². The van der Waals surface area contributed by atoms with E-state index in [2.05, 4.69) is 10.3 Å². The van der Waals surface area contributed by atoms with Crippen LogP contribution >= 0.6 is 0 Å². The molecule has 0 atom stereocenters. The Morgan fingerprint density at radius 1 is 0.893 bits per heavy atom. The van der Waals surface area contributed by atoms with Crippen LogP contribution in [-0.2, 0) is 0 Å². The summed E-state index contributed by atoms with van der Waals surface area (Å²) in [5.41, 5.74) is 3.28. The Balaban J connectivity index is 1.74. The lowest BCUT2D eigenvalue weighted by Gasteiger charge is -2.10. The molecule has 3 aromatic carbocycles. The largest absolute Gasteiger partial charge is 0.322 e. The predicted octanol–water partition coefficient (Wildman–Crippen LogP) is 5.06. The maximum absolute atomic E-state index is 13.0. The first kappa shape index (κ1) is 17.4. The molecule has 1 heterocycles. The van der Waals surface area contributed by atoms with Crippen LogP contribution in [0.4, 0.5) is 11.4 Å². The molecular weight excluding hydrogens is 354 g/mol. The van der Waals surface area contributed by atoms with Crippen LogP contribution in [0.3, 0.4) is 0 Å². The molecule has 0 unspecified atom stereocenters. The fourth-order valence-electron chi connectivity index (χ4n) is 2.98. The SMILES string of the molecule is O=C(Nc1ccc([N+](=O)[O-])cc1)c1cc(-c2ccccc2)nc2ccccc12. The molecule has 0 aliphatic rings. The highest BCUT2D eigenvalue weighted by molar-refractivity contribution is 6.13. The third-order valence-electron chi connectivity index (χ3n) is 4.37. The number of nitrogens with one attached hydrogen (secondary N) is 1. The molecule has 136 valence electrons. The average Bonchev–Trinajstić information content (AvgIpc) is 2.74. The molecule has 0 bridgehead atoms. The Labute approximate surface area is 160 Å². The standard InChI is InChI=1S/C22H15N3O3/c26-22(23-16-10-12-17(13-11-16)25(27)28)19-14-21(15-6-2-1-3-7-15)24-20-9-5-4-8-18(19)20/h1-14H,(H,23,26).